The van der Waals surface area contributed by atoms with Gasteiger partial charge in [-0.1, -0.05) is 76.9 Å². The maximum atomic E-state index is 8.74. The molecule has 7 heteroatoms. The summed E-state index contributed by atoms with van der Waals surface area (Å²) in [5.74, 6) is 0. The summed E-state index contributed by atoms with van der Waals surface area (Å²) in [5, 5.41) is 8.66. The van der Waals surface area contributed by atoms with E-state index in [1.165, 1.54) is 83.5 Å². The molecule has 0 aromatic carbocycles. The van der Waals surface area contributed by atoms with Gasteiger partial charge in [0.25, 0.3) is 0 Å². The van der Waals surface area contributed by atoms with Crippen molar-refractivity contribution in [2.45, 2.75) is 96.8 Å². The van der Waals surface area contributed by atoms with Crippen molar-refractivity contribution >= 4 is 10.4 Å². The Hall–Kier alpha value is 0.570. The standard InChI is InChI=1S/C18H36O.Na.H2O4S.H/c1-2-3-4-5-6-7-8-9-10-11-12-13-14-15-16-17-18-19;;1-5(2,3)4;/h9-10,19H,2-8,11-18H2,1H3;;(H2,1,2,3,4);/q;+1;;-1. The minimum absolute atomic E-state index is 0. The number of unbranched alkanes of at least 4 members (excludes halogenated alkanes) is 12. The second-order valence-electron chi connectivity index (χ2n) is 6.11. The molecule has 0 saturated carbocycles. The molecule has 0 amide bonds. The normalized spacial score (nSPS) is 11.0. The summed E-state index contributed by atoms with van der Waals surface area (Å²) < 4.78 is 31.6. The second-order valence-corrected chi connectivity index (χ2v) is 7.00. The van der Waals surface area contributed by atoms with Crippen molar-refractivity contribution < 1.29 is 53.6 Å². The topological polar surface area (TPSA) is 94.8 Å². The van der Waals surface area contributed by atoms with Crippen molar-refractivity contribution in [3.8, 4) is 0 Å². The number of hydrogen-bond donors (Lipinski definition) is 3. The Kier molecular flexibility index (Phi) is 29.8. The molecule has 0 rings (SSSR count). The molecule has 0 spiro atoms. The van der Waals surface area contributed by atoms with Crippen LogP contribution < -0.4 is 29.6 Å². The van der Waals surface area contributed by atoms with E-state index >= 15 is 0 Å². The zero-order valence-corrected chi connectivity index (χ0v) is 19.1. The first-order valence-electron chi connectivity index (χ1n) is 9.37. The fourth-order valence-corrected chi connectivity index (χ4v) is 2.36. The first-order chi connectivity index (χ1) is 11.4. The molecular weight excluding hydrogens is 351 g/mol. The molecule has 0 bridgehead atoms. The molecule has 0 aliphatic heterocycles. The molecule has 0 heterocycles. The van der Waals surface area contributed by atoms with E-state index in [1.54, 1.807) is 0 Å². The van der Waals surface area contributed by atoms with Gasteiger partial charge in [0.1, 0.15) is 0 Å². The average molecular weight is 391 g/mol. The Morgan fingerprint density at radius 3 is 1.40 bits per heavy atom. The molecule has 3 N–H and O–H groups in total. The Bertz CT molecular complexity index is 357. The third-order valence-corrected chi connectivity index (χ3v) is 3.67. The van der Waals surface area contributed by atoms with Gasteiger partial charge in [0.15, 0.2) is 0 Å². The fourth-order valence-electron chi connectivity index (χ4n) is 2.36. The molecule has 0 aromatic heterocycles. The van der Waals surface area contributed by atoms with Crippen molar-refractivity contribution in [1.29, 1.82) is 0 Å². The second kappa shape index (κ2) is 24.6. The number of rotatable bonds is 15. The summed E-state index contributed by atoms with van der Waals surface area (Å²) in [6.45, 7) is 2.64. The summed E-state index contributed by atoms with van der Waals surface area (Å²) in [7, 11) is -4.67. The van der Waals surface area contributed by atoms with Crippen LogP contribution in [-0.2, 0) is 10.4 Å². The minimum Gasteiger partial charge on any atom is -1.00 e. The third-order valence-electron chi connectivity index (χ3n) is 3.67. The van der Waals surface area contributed by atoms with E-state index in [0.717, 1.165) is 6.42 Å². The molecule has 5 nitrogen and oxygen atoms in total. The Morgan fingerprint density at radius 1 is 0.720 bits per heavy atom. The van der Waals surface area contributed by atoms with Crippen LogP contribution in [0.3, 0.4) is 0 Å². The summed E-state index contributed by atoms with van der Waals surface area (Å²) in [5.41, 5.74) is 0. The summed E-state index contributed by atoms with van der Waals surface area (Å²) in [6.07, 6.45) is 23.2. The molecule has 0 saturated heterocycles. The van der Waals surface area contributed by atoms with E-state index in [0.29, 0.717) is 6.61 Å². The van der Waals surface area contributed by atoms with Crippen molar-refractivity contribution in [3.05, 3.63) is 12.2 Å². The largest absolute Gasteiger partial charge is 1.00 e. The van der Waals surface area contributed by atoms with Crippen LogP contribution in [0.2, 0.25) is 0 Å². The van der Waals surface area contributed by atoms with Crippen LogP contribution >= 0.6 is 0 Å². The van der Waals surface area contributed by atoms with Crippen molar-refractivity contribution in [3.63, 3.8) is 0 Å². The molecule has 0 atom stereocenters. The smallest absolute Gasteiger partial charge is 1.00 e. The molecule has 0 aliphatic carbocycles. The van der Waals surface area contributed by atoms with Crippen LogP contribution in [-0.4, -0.2) is 29.2 Å². The van der Waals surface area contributed by atoms with Gasteiger partial charge < -0.3 is 6.53 Å². The van der Waals surface area contributed by atoms with E-state index in [-0.39, 0.29) is 31.0 Å². The first kappa shape index (κ1) is 30.3. The Balaban J connectivity index is -0.000000304. The zero-order valence-electron chi connectivity index (χ0n) is 17.3. The Morgan fingerprint density at radius 2 is 1.04 bits per heavy atom. The number of aliphatic hydroxyl groups is 1. The van der Waals surface area contributed by atoms with Crippen LogP contribution in [0.15, 0.2) is 12.2 Å². The van der Waals surface area contributed by atoms with Gasteiger partial charge in [-0.3, -0.25) is 9.11 Å². The van der Waals surface area contributed by atoms with Crippen molar-refractivity contribution in [2.24, 2.45) is 0 Å². The predicted molar refractivity (Wildman–Crippen MR) is 102 cm³/mol. The van der Waals surface area contributed by atoms with Crippen LogP contribution in [0.5, 0.6) is 0 Å². The molecule has 0 aliphatic rings. The fraction of sp³-hybridized carbons (Fsp3) is 0.889. The number of aliphatic hydroxyl groups excluding tert-OH is 1. The number of hydrogen-bond acceptors (Lipinski definition) is 3. The maximum Gasteiger partial charge on any atom is 1.00 e. The minimum atomic E-state index is -4.67. The van der Waals surface area contributed by atoms with E-state index < -0.39 is 10.4 Å². The van der Waals surface area contributed by atoms with Crippen LogP contribution in [0.4, 0.5) is 0 Å². The molecule has 0 radical (unpaired) electrons. The molecule has 0 fully saturated rings. The monoisotopic (exact) mass is 390 g/mol. The van der Waals surface area contributed by atoms with E-state index in [1.807, 2.05) is 0 Å². The van der Waals surface area contributed by atoms with Gasteiger partial charge in [-0.25, -0.2) is 0 Å². The van der Waals surface area contributed by atoms with Gasteiger partial charge in [0, 0.05) is 6.61 Å². The Labute approximate surface area is 179 Å². The van der Waals surface area contributed by atoms with Gasteiger partial charge in [-0.15, -0.1) is 0 Å². The van der Waals surface area contributed by atoms with E-state index in [9.17, 15) is 0 Å². The van der Waals surface area contributed by atoms with E-state index in [2.05, 4.69) is 19.1 Å². The van der Waals surface area contributed by atoms with E-state index in [4.69, 9.17) is 22.6 Å². The zero-order chi connectivity index (χ0) is 18.5. The maximum absolute atomic E-state index is 8.74. The third kappa shape index (κ3) is 45.6. The molecule has 25 heavy (non-hydrogen) atoms. The molecular formula is C18H39NaO5S. The summed E-state index contributed by atoms with van der Waals surface area (Å²) in [6, 6.07) is 0. The average Bonchev–Trinajstić information content (AvgIpc) is 2.49. The summed E-state index contributed by atoms with van der Waals surface area (Å²) in [4.78, 5) is 0. The van der Waals surface area contributed by atoms with Crippen molar-refractivity contribution in [1.82, 2.24) is 0 Å². The summed E-state index contributed by atoms with van der Waals surface area (Å²) >= 11 is 0. The SMILES string of the molecule is CCCCCCCCC=CCCCCCCCCO.O=S(=O)(O)O.[H-].[Na+]. The quantitative estimate of drug-likeness (QED) is 0.173. The number of allylic oxidation sites excluding steroid dienone is 2. The van der Waals surface area contributed by atoms with Crippen molar-refractivity contribution in [2.75, 3.05) is 6.61 Å². The van der Waals surface area contributed by atoms with Crippen LogP contribution in [0, 0.1) is 0 Å². The van der Waals surface area contributed by atoms with Gasteiger partial charge in [-0.2, -0.15) is 8.42 Å². The van der Waals surface area contributed by atoms with Gasteiger partial charge in [-0.05, 0) is 32.1 Å². The van der Waals surface area contributed by atoms with Crippen LogP contribution in [0.25, 0.3) is 0 Å². The molecule has 0 unspecified atom stereocenters. The predicted octanol–water partition coefficient (Wildman–Crippen LogP) is 2.48. The van der Waals surface area contributed by atoms with Gasteiger partial charge >= 0.3 is 40.0 Å². The molecule has 148 valence electrons. The van der Waals surface area contributed by atoms with Gasteiger partial charge in [0.2, 0.25) is 0 Å². The molecule has 0 aromatic rings. The van der Waals surface area contributed by atoms with Crippen LogP contribution in [0.1, 0.15) is 98.2 Å². The van der Waals surface area contributed by atoms with Gasteiger partial charge in [0.05, 0.1) is 0 Å². The first-order valence-corrected chi connectivity index (χ1v) is 10.8.